The highest BCUT2D eigenvalue weighted by molar-refractivity contribution is 5.89. The zero-order valence-electron chi connectivity index (χ0n) is 15.4. The third-order valence-electron chi connectivity index (χ3n) is 4.70. The van der Waals surface area contributed by atoms with Gasteiger partial charge in [-0.25, -0.2) is 0 Å². The molecule has 0 aliphatic heterocycles. The highest BCUT2D eigenvalue weighted by Gasteiger charge is 2.20. The van der Waals surface area contributed by atoms with E-state index in [1.807, 2.05) is 42.5 Å². The van der Waals surface area contributed by atoms with Gasteiger partial charge < -0.3 is 4.74 Å². The van der Waals surface area contributed by atoms with Crippen molar-refractivity contribution in [1.82, 2.24) is 0 Å². The molecule has 0 N–H and O–H groups in total. The number of hydrogen-bond donors (Lipinski definition) is 0. The molecule has 2 nitrogen and oxygen atoms in total. The number of Topliss-reactive ketones (excluding diaryl/α,β-unsaturated/α-hetero) is 1. The molecule has 3 aromatic carbocycles. The smallest absolute Gasteiger partial charge is 0.173 e. The van der Waals surface area contributed by atoms with Gasteiger partial charge in [-0.2, -0.15) is 0 Å². The van der Waals surface area contributed by atoms with Gasteiger partial charge in [0.1, 0.15) is 5.75 Å². The van der Waals surface area contributed by atoms with Crippen molar-refractivity contribution >= 4 is 16.6 Å². The molecule has 0 radical (unpaired) electrons. The first-order valence-corrected chi connectivity index (χ1v) is 9.49. The Morgan fingerprint density at radius 2 is 1.65 bits per heavy atom. The Labute approximate surface area is 155 Å². The molecule has 1 unspecified atom stereocenters. The van der Waals surface area contributed by atoms with Crippen LogP contribution in [0.1, 0.15) is 38.2 Å². The van der Waals surface area contributed by atoms with Gasteiger partial charge in [0.2, 0.25) is 0 Å². The number of fused-ring (bicyclic) bond motifs is 1. The summed E-state index contributed by atoms with van der Waals surface area (Å²) in [7, 11) is 0. The number of carbonyl (C=O) groups is 1. The Morgan fingerprint density at radius 1 is 0.923 bits per heavy atom. The Morgan fingerprint density at radius 3 is 2.46 bits per heavy atom. The minimum Gasteiger partial charge on any atom is -0.482 e. The van der Waals surface area contributed by atoms with Crippen LogP contribution in [-0.4, -0.2) is 11.9 Å². The molecule has 0 saturated heterocycles. The van der Waals surface area contributed by atoms with Crippen LogP contribution in [0.2, 0.25) is 0 Å². The van der Waals surface area contributed by atoms with E-state index >= 15 is 0 Å². The maximum absolute atomic E-state index is 12.8. The van der Waals surface area contributed by atoms with Crippen LogP contribution >= 0.6 is 0 Å². The summed E-state index contributed by atoms with van der Waals surface area (Å²) < 4.78 is 6.23. The quantitative estimate of drug-likeness (QED) is 0.476. The SMILES string of the molecule is CCCCC(Oc1cccc2ccccc12)C(=O)CCc1ccccc1. The van der Waals surface area contributed by atoms with Crippen LogP contribution < -0.4 is 4.74 Å². The maximum atomic E-state index is 12.8. The number of rotatable bonds is 9. The van der Waals surface area contributed by atoms with Crippen molar-refractivity contribution in [1.29, 1.82) is 0 Å². The van der Waals surface area contributed by atoms with E-state index in [1.165, 1.54) is 5.56 Å². The number of aryl methyl sites for hydroxylation is 1. The summed E-state index contributed by atoms with van der Waals surface area (Å²) >= 11 is 0. The third-order valence-corrected chi connectivity index (χ3v) is 4.70. The second-order valence-electron chi connectivity index (χ2n) is 6.68. The van der Waals surface area contributed by atoms with Crippen LogP contribution in [0.4, 0.5) is 0 Å². The Hall–Kier alpha value is -2.61. The van der Waals surface area contributed by atoms with Crippen LogP contribution in [0.3, 0.4) is 0 Å². The summed E-state index contributed by atoms with van der Waals surface area (Å²) in [5.74, 6) is 0.993. The van der Waals surface area contributed by atoms with Crippen molar-refractivity contribution in [3.8, 4) is 5.75 Å². The Balaban J connectivity index is 1.73. The number of hydrogen-bond acceptors (Lipinski definition) is 2. The average Bonchev–Trinajstić information content (AvgIpc) is 2.70. The summed E-state index contributed by atoms with van der Waals surface area (Å²) in [6.45, 7) is 2.14. The summed E-state index contributed by atoms with van der Waals surface area (Å²) in [6.07, 6.45) is 3.73. The monoisotopic (exact) mass is 346 g/mol. The average molecular weight is 346 g/mol. The standard InChI is InChI=1S/C24H26O2/c1-2-3-15-24(22(25)18-17-19-10-5-4-6-11-19)26-23-16-9-13-20-12-7-8-14-21(20)23/h4-14,16,24H,2-3,15,17-18H2,1H3. The highest BCUT2D eigenvalue weighted by Crippen LogP contribution is 2.27. The van der Waals surface area contributed by atoms with Crippen LogP contribution in [0.15, 0.2) is 72.8 Å². The zero-order valence-corrected chi connectivity index (χ0v) is 15.4. The van der Waals surface area contributed by atoms with E-state index in [-0.39, 0.29) is 11.9 Å². The highest BCUT2D eigenvalue weighted by atomic mass is 16.5. The molecular weight excluding hydrogens is 320 g/mol. The predicted molar refractivity (Wildman–Crippen MR) is 108 cm³/mol. The summed E-state index contributed by atoms with van der Waals surface area (Å²) in [5, 5.41) is 2.20. The van der Waals surface area contributed by atoms with Gasteiger partial charge in [0, 0.05) is 11.8 Å². The van der Waals surface area contributed by atoms with Gasteiger partial charge in [-0.15, -0.1) is 0 Å². The maximum Gasteiger partial charge on any atom is 0.173 e. The van der Waals surface area contributed by atoms with Crippen molar-refractivity contribution in [3.05, 3.63) is 78.4 Å². The van der Waals surface area contributed by atoms with Crippen molar-refractivity contribution in [2.24, 2.45) is 0 Å². The van der Waals surface area contributed by atoms with Gasteiger partial charge in [-0.1, -0.05) is 80.1 Å². The molecule has 0 amide bonds. The van der Waals surface area contributed by atoms with E-state index in [4.69, 9.17) is 4.74 Å². The van der Waals surface area contributed by atoms with E-state index < -0.39 is 0 Å². The fourth-order valence-electron chi connectivity index (χ4n) is 3.20. The molecule has 3 rings (SSSR count). The van der Waals surface area contributed by atoms with Crippen molar-refractivity contribution in [2.45, 2.75) is 45.1 Å². The largest absolute Gasteiger partial charge is 0.482 e. The van der Waals surface area contributed by atoms with E-state index in [0.717, 1.165) is 42.2 Å². The minimum atomic E-state index is -0.371. The first kappa shape index (κ1) is 18.2. The number of ether oxygens (including phenoxy) is 1. The molecule has 1 atom stereocenters. The number of carbonyl (C=O) groups excluding carboxylic acids is 1. The minimum absolute atomic E-state index is 0.190. The molecule has 0 spiro atoms. The Kier molecular flexibility index (Phi) is 6.43. The lowest BCUT2D eigenvalue weighted by molar-refractivity contribution is -0.126. The lowest BCUT2D eigenvalue weighted by atomic mass is 10.0. The van der Waals surface area contributed by atoms with Crippen LogP contribution in [0.5, 0.6) is 5.75 Å². The fourth-order valence-corrected chi connectivity index (χ4v) is 3.20. The normalized spacial score (nSPS) is 12.0. The summed E-state index contributed by atoms with van der Waals surface area (Å²) in [6, 6.07) is 24.3. The molecule has 134 valence electrons. The van der Waals surface area contributed by atoms with Gasteiger partial charge in [-0.05, 0) is 36.3 Å². The second-order valence-corrected chi connectivity index (χ2v) is 6.68. The van der Waals surface area contributed by atoms with Gasteiger partial charge in [0.25, 0.3) is 0 Å². The third kappa shape index (κ3) is 4.72. The molecule has 0 aliphatic carbocycles. The molecule has 26 heavy (non-hydrogen) atoms. The second kappa shape index (κ2) is 9.19. The van der Waals surface area contributed by atoms with E-state index in [9.17, 15) is 4.79 Å². The molecule has 2 heteroatoms. The molecule has 0 aromatic heterocycles. The lowest BCUT2D eigenvalue weighted by Gasteiger charge is -2.19. The van der Waals surface area contributed by atoms with Crippen LogP contribution in [-0.2, 0) is 11.2 Å². The van der Waals surface area contributed by atoms with E-state index in [2.05, 4.69) is 37.3 Å². The van der Waals surface area contributed by atoms with Crippen molar-refractivity contribution < 1.29 is 9.53 Å². The van der Waals surface area contributed by atoms with Gasteiger partial charge in [0.05, 0.1) is 0 Å². The van der Waals surface area contributed by atoms with Gasteiger partial charge in [0.15, 0.2) is 11.9 Å². The number of benzene rings is 3. The Bertz CT molecular complexity index is 834. The van der Waals surface area contributed by atoms with E-state index in [0.29, 0.717) is 6.42 Å². The topological polar surface area (TPSA) is 26.3 Å². The molecule has 3 aromatic rings. The lowest BCUT2D eigenvalue weighted by Crippen LogP contribution is -2.27. The molecule has 0 saturated carbocycles. The predicted octanol–water partition coefficient (Wildman–Crippen LogP) is 5.98. The molecule has 0 heterocycles. The first-order chi connectivity index (χ1) is 12.8. The number of unbranched alkanes of at least 4 members (excludes halogenated alkanes) is 1. The summed E-state index contributed by atoms with van der Waals surface area (Å²) in [4.78, 5) is 12.8. The first-order valence-electron chi connectivity index (χ1n) is 9.49. The summed E-state index contributed by atoms with van der Waals surface area (Å²) in [5.41, 5.74) is 1.19. The number of ketones is 1. The van der Waals surface area contributed by atoms with Crippen molar-refractivity contribution in [3.63, 3.8) is 0 Å². The fraction of sp³-hybridized carbons (Fsp3) is 0.292. The van der Waals surface area contributed by atoms with Crippen molar-refractivity contribution in [2.75, 3.05) is 0 Å². The molecule has 0 bridgehead atoms. The van der Waals surface area contributed by atoms with E-state index in [1.54, 1.807) is 0 Å². The molecule has 0 fully saturated rings. The van der Waals surface area contributed by atoms with Gasteiger partial charge >= 0.3 is 0 Å². The molecule has 0 aliphatic rings. The zero-order chi connectivity index (χ0) is 18.2. The van der Waals surface area contributed by atoms with Gasteiger partial charge in [-0.3, -0.25) is 4.79 Å². The molecular formula is C24H26O2. The van der Waals surface area contributed by atoms with Crippen LogP contribution in [0.25, 0.3) is 10.8 Å². The van der Waals surface area contributed by atoms with Crippen LogP contribution in [0, 0.1) is 0 Å².